The minimum atomic E-state index is -3.12. The van der Waals surface area contributed by atoms with E-state index in [4.69, 9.17) is 10.5 Å². The van der Waals surface area contributed by atoms with Crippen molar-refractivity contribution in [3.8, 4) is 5.75 Å². The molecule has 2 atom stereocenters. The third kappa shape index (κ3) is 3.58. The molecular formula is C16H25NO3S. The van der Waals surface area contributed by atoms with Gasteiger partial charge in [-0.2, -0.15) is 0 Å². The average Bonchev–Trinajstić information content (AvgIpc) is 2.47. The topological polar surface area (TPSA) is 69.4 Å². The summed E-state index contributed by atoms with van der Waals surface area (Å²) in [6.45, 7) is 2.07. The van der Waals surface area contributed by atoms with Crippen LogP contribution in [-0.4, -0.2) is 26.5 Å². The lowest BCUT2D eigenvalue weighted by Gasteiger charge is -2.31. The van der Waals surface area contributed by atoms with Crippen LogP contribution in [-0.2, 0) is 16.3 Å². The summed E-state index contributed by atoms with van der Waals surface area (Å²) in [6.07, 6.45) is 4.06. The Morgan fingerprint density at radius 2 is 2.10 bits per heavy atom. The number of rotatable bonds is 6. The van der Waals surface area contributed by atoms with Crippen molar-refractivity contribution in [1.82, 2.24) is 0 Å². The van der Waals surface area contributed by atoms with Crippen molar-refractivity contribution in [3.05, 3.63) is 29.3 Å². The molecule has 0 heterocycles. The van der Waals surface area contributed by atoms with Gasteiger partial charge < -0.3 is 10.5 Å². The van der Waals surface area contributed by atoms with Crippen LogP contribution in [0.15, 0.2) is 18.2 Å². The fraction of sp³-hybridized carbons (Fsp3) is 0.625. The Morgan fingerprint density at radius 1 is 1.33 bits per heavy atom. The fourth-order valence-corrected chi connectivity index (χ4v) is 5.02. The molecule has 118 valence electrons. The van der Waals surface area contributed by atoms with E-state index < -0.39 is 21.1 Å². The molecule has 1 aromatic rings. The molecule has 0 aliphatic heterocycles. The van der Waals surface area contributed by atoms with E-state index in [-0.39, 0.29) is 5.75 Å². The minimum Gasteiger partial charge on any atom is -0.497 e. The third-order valence-corrected chi connectivity index (χ3v) is 6.61. The molecule has 1 aliphatic carbocycles. The summed E-state index contributed by atoms with van der Waals surface area (Å²) in [6, 6.07) is 5.30. The summed E-state index contributed by atoms with van der Waals surface area (Å²) in [5.41, 5.74) is 8.32. The highest BCUT2D eigenvalue weighted by molar-refractivity contribution is 7.92. The number of sulfone groups is 1. The molecule has 5 heteroatoms. The molecule has 0 bridgehead atoms. The van der Waals surface area contributed by atoms with Gasteiger partial charge >= 0.3 is 0 Å². The van der Waals surface area contributed by atoms with Crippen LogP contribution in [0.3, 0.4) is 0 Å². The molecule has 1 aliphatic rings. The highest BCUT2D eigenvalue weighted by atomic mass is 32.2. The Balaban J connectivity index is 2.18. The van der Waals surface area contributed by atoms with Crippen molar-refractivity contribution in [2.75, 3.05) is 12.9 Å². The van der Waals surface area contributed by atoms with E-state index in [1.165, 1.54) is 0 Å². The Morgan fingerprint density at radius 3 is 2.76 bits per heavy atom. The summed E-state index contributed by atoms with van der Waals surface area (Å²) in [5, 5.41) is -0.449. The smallest absolute Gasteiger partial charge is 0.155 e. The zero-order valence-corrected chi connectivity index (χ0v) is 13.7. The summed E-state index contributed by atoms with van der Waals surface area (Å²) < 4.78 is 30.2. The third-order valence-electron chi connectivity index (χ3n) is 4.30. The molecule has 21 heavy (non-hydrogen) atoms. The van der Waals surface area contributed by atoms with Crippen molar-refractivity contribution in [2.45, 2.75) is 50.3 Å². The molecule has 4 nitrogen and oxygen atoms in total. The zero-order valence-electron chi connectivity index (χ0n) is 12.8. The van der Waals surface area contributed by atoms with Crippen LogP contribution in [0.4, 0.5) is 0 Å². The molecule has 0 fully saturated rings. The number of aryl methyl sites for hydroxylation is 1. The number of benzene rings is 1. The van der Waals surface area contributed by atoms with Gasteiger partial charge in [0.2, 0.25) is 0 Å². The predicted octanol–water partition coefficient (Wildman–Crippen LogP) is 2.61. The molecule has 0 aromatic heterocycles. The van der Waals surface area contributed by atoms with Crippen LogP contribution in [0.1, 0.15) is 49.8 Å². The van der Waals surface area contributed by atoms with Crippen molar-refractivity contribution in [2.24, 2.45) is 5.73 Å². The normalized spacial score (nSPS) is 21.9. The van der Waals surface area contributed by atoms with Crippen molar-refractivity contribution >= 4 is 9.84 Å². The lowest BCUT2D eigenvalue weighted by atomic mass is 9.87. The Bertz CT molecular complexity index is 583. The number of hydrogen-bond acceptors (Lipinski definition) is 4. The molecule has 0 spiro atoms. The highest BCUT2D eigenvalue weighted by Gasteiger charge is 2.35. The standard InChI is InChI=1S/C16H25NO3S/c1-3-4-5-10-21(18,19)15-9-6-12-11-13(20-2)7-8-14(12)16(15)17/h7-8,11,15-16H,3-6,9-10,17H2,1-2H3. The second-order valence-electron chi connectivity index (χ2n) is 5.74. The second kappa shape index (κ2) is 6.79. The zero-order chi connectivity index (χ0) is 15.5. The Hall–Kier alpha value is -1.07. The molecule has 0 amide bonds. The Kier molecular flexibility index (Phi) is 5.27. The summed E-state index contributed by atoms with van der Waals surface area (Å²) in [5.74, 6) is 1.05. The van der Waals surface area contributed by atoms with Crippen LogP contribution >= 0.6 is 0 Å². The molecule has 0 saturated carbocycles. The number of hydrogen-bond donors (Lipinski definition) is 1. The number of methoxy groups -OCH3 is 1. The fourth-order valence-electron chi connectivity index (χ4n) is 3.04. The molecule has 2 rings (SSSR count). The lowest BCUT2D eigenvalue weighted by Crippen LogP contribution is -2.38. The first-order valence-corrected chi connectivity index (χ1v) is 9.35. The van der Waals surface area contributed by atoms with E-state index in [0.29, 0.717) is 6.42 Å². The van der Waals surface area contributed by atoms with Gasteiger partial charge in [-0.05, 0) is 42.5 Å². The maximum absolute atomic E-state index is 12.5. The maximum atomic E-state index is 12.5. The molecule has 0 saturated heterocycles. The number of nitrogens with two attached hydrogens (primary N) is 1. The first-order valence-electron chi connectivity index (χ1n) is 7.63. The molecule has 2 unspecified atom stereocenters. The van der Waals surface area contributed by atoms with E-state index in [9.17, 15) is 8.42 Å². The van der Waals surface area contributed by atoms with Crippen LogP contribution in [0.2, 0.25) is 0 Å². The largest absolute Gasteiger partial charge is 0.497 e. The van der Waals surface area contributed by atoms with Gasteiger partial charge in [0.15, 0.2) is 9.84 Å². The van der Waals surface area contributed by atoms with Gasteiger partial charge in [-0.15, -0.1) is 0 Å². The van der Waals surface area contributed by atoms with Gasteiger partial charge in [0.1, 0.15) is 5.75 Å². The van der Waals surface area contributed by atoms with E-state index in [2.05, 4.69) is 6.92 Å². The van der Waals surface area contributed by atoms with Crippen LogP contribution in [0, 0.1) is 0 Å². The van der Waals surface area contributed by atoms with Gasteiger partial charge in [-0.3, -0.25) is 0 Å². The molecule has 2 N–H and O–H groups in total. The first kappa shape index (κ1) is 16.3. The monoisotopic (exact) mass is 311 g/mol. The predicted molar refractivity (Wildman–Crippen MR) is 85.3 cm³/mol. The van der Waals surface area contributed by atoms with Gasteiger partial charge in [0.05, 0.1) is 18.1 Å². The number of ether oxygens (including phenoxy) is 1. The Labute approximate surface area is 127 Å². The summed E-state index contributed by atoms with van der Waals surface area (Å²) in [7, 11) is -1.49. The van der Waals surface area contributed by atoms with E-state index in [0.717, 1.165) is 42.6 Å². The number of unbranched alkanes of at least 4 members (excludes halogenated alkanes) is 2. The van der Waals surface area contributed by atoms with Gasteiger partial charge in [0.25, 0.3) is 0 Å². The van der Waals surface area contributed by atoms with Gasteiger partial charge in [-0.1, -0.05) is 25.8 Å². The average molecular weight is 311 g/mol. The SMILES string of the molecule is CCCCCS(=O)(=O)C1CCc2cc(OC)ccc2C1N. The highest BCUT2D eigenvalue weighted by Crippen LogP contribution is 2.34. The lowest BCUT2D eigenvalue weighted by molar-refractivity contribution is 0.413. The van der Waals surface area contributed by atoms with Gasteiger partial charge in [0, 0.05) is 6.04 Å². The van der Waals surface area contributed by atoms with Crippen LogP contribution in [0.5, 0.6) is 5.75 Å². The first-order chi connectivity index (χ1) is 9.99. The van der Waals surface area contributed by atoms with E-state index in [1.54, 1.807) is 7.11 Å². The van der Waals surface area contributed by atoms with Gasteiger partial charge in [-0.25, -0.2) is 8.42 Å². The van der Waals surface area contributed by atoms with Crippen molar-refractivity contribution < 1.29 is 13.2 Å². The second-order valence-corrected chi connectivity index (χ2v) is 8.08. The van der Waals surface area contributed by atoms with E-state index >= 15 is 0 Å². The van der Waals surface area contributed by atoms with Crippen molar-refractivity contribution in [1.29, 1.82) is 0 Å². The van der Waals surface area contributed by atoms with Crippen molar-refractivity contribution in [3.63, 3.8) is 0 Å². The molecule has 0 radical (unpaired) electrons. The summed E-state index contributed by atoms with van der Waals surface area (Å²) >= 11 is 0. The molecule has 1 aromatic carbocycles. The maximum Gasteiger partial charge on any atom is 0.155 e. The minimum absolute atomic E-state index is 0.255. The number of fused-ring (bicyclic) bond motifs is 1. The quantitative estimate of drug-likeness (QED) is 0.820. The van der Waals surface area contributed by atoms with Crippen LogP contribution < -0.4 is 10.5 Å². The van der Waals surface area contributed by atoms with E-state index in [1.807, 2.05) is 18.2 Å². The van der Waals surface area contributed by atoms with Crippen LogP contribution in [0.25, 0.3) is 0 Å². The summed E-state index contributed by atoms with van der Waals surface area (Å²) in [4.78, 5) is 0. The molecular weight excluding hydrogens is 286 g/mol.